The molecule has 3 aromatic rings. The van der Waals surface area contributed by atoms with Crippen LogP contribution in [0.2, 0.25) is 0 Å². The molecule has 0 saturated carbocycles. The van der Waals surface area contributed by atoms with Gasteiger partial charge >= 0.3 is 0 Å². The Kier molecular flexibility index (Phi) is 4.77. The highest BCUT2D eigenvalue weighted by Crippen LogP contribution is 2.39. The van der Waals surface area contributed by atoms with Crippen LogP contribution in [0.4, 0.5) is 11.4 Å². The number of benzene rings is 2. The molecule has 142 valence electrons. The fourth-order valence-electron chi connectivity index (χ4n) is 3.47. The average Bonchev–Trinajstić information content (AvgIpc) is 2.95. The first kappa shape index (κ1) is 18.4. The van der Waals surface area contributed by atoms with Crippen LogP contribution in [0.5, 0.6) is 0 Å². The molecule has 2 heterocycles. The molecule has 0 unspecified atom stereocenters. The Morgan fingerprint density at radius 3 is 2.46 bits per heavy atom. The number of anilines is 2. The SMILES string of the molecule is Cc1cc(/C=C2/Sc3ccccc3NC2=O)c(C)n1-c1ccc(N(C)C)cc1. The molecular weight excluding hydrogens is 366 g/mol. The van der Waals surface area contributed by atoms with Gasteiger partial charge in [0.2, 0.25) is 0 Å². The summed E-state index contributed by atoms with van der Waals surface area (Å²) in [6, 6.07) is 18.5. The van der Waals surface area contributed by atoms with E-state index in [4.69, 9.17) is 0 Å². The van der Waals surface area contributed by atoms with Crippen LogP contribution in [0.3, 0.4) is 0 Å². The lowest BCUT2D eigenvalue weighted by atomic mass is 10.2. The van der Waals surface area contributed by atoms with E-state index >= 15 is 0 Å². The zero-order valence-electron chi connectivity index (χ0n) is 16.5. The quantitative estimate of drug-likeness (QED) is 0.622. The van der Waals surface area contributed by atoms with Gasteiger partial charge in [0.15, 0.2) is 0 Å². The molecule has 0 atom stereocenters. The minimum atomic E-state index is -0.0520. The second-order valence-electron chi connectivity index (χ2n) is 7.13. The highest BCUT2D eigenvalue weighted by atomic mass is 32.2. The number of aromatic nitrogens is 1. The Labute approximate surface area is 169 Å². The van der Waals surface area contributed by atoms with Gasteiger partial charge in [0, 0.05) is 41.8 Å². The normalized spacial score (nSPS) is 14.7. The third-order valence-corrected chi connectivity index (χ3v) is 6.06. The number of hydrogen-bond acceptors (Lipinski definition) is 3. The van der Waals surface area contributed by atoms with Crippen LogP contribution in [0.1, 0.15) is 17.0 Å². The van der Waals surface area contributed by atoms with Gasteiger partial charge in [-0.1, -0.05) is 23.9 Å². The monoisotopic (exact) mass is 389 g/mol. The van der Waals surface area contributed by atoms with Crippen molar-refractivity contribution >= 4 is 35.1 Å². The summed E-state index contributed by atoms with van der Waals surface area (Å²) in [5.74, 6) is -0.0520. The molecule has 0 bridgehead atoms. The molecule has 5 heteroatoms. The van der Waals surface area contributed by atoms with E-state index in [9.17, 15) is 4.79 Å². The van der Waals surface area contributed by atoms with Crippen molar-refractivity contribution in [2.75, 3.05) is 24.3 Å². The van der Waals surface area contributed by atoms with Gasteiger partial charge in [-0.15, -0.1) is 0 Å². The minimum Gasteiger partial charge on any atom is -0.378 e. The van der Waals surface area contributed by atoms with E-state index in [1.165, 1.54) is 17.4 Å². The molecule has 1 N–H and O–H groups in total. The van der Waals surface area contributed by atoms with Gasteiger partial charge in [0.05, 0.1) is 10.6 Å². The third kappa shape index (κ3) is 3.34. The zero-order chi connectivity index (χ0) is 19.8. The van der Waals surface area contributed by atoms with Gasteiger partial charge in [-0.2, -0.15) is 0 Å². The number of hydrogen-bond donors (Lipinski definition) is 1. The molecule has 0 radical (unpaired) electrons. The first-order valence-corrected chi connectivity index (χ1v) is 10.0. The predicted octanol–water partition coefficient (Wildman–Crippen LogP) is 5.25. The molecule has 4 nitrogen and oxygen atoms in total. The number of carbonyl (C=O) groups is 1. The Hall–Kier alpha value is -2.92. The number of fused-ring (bicyclic) bond motifs is 1. The lowest BCUT2D eigenvalue weighted by Gasteiger charge is -2.18. The van der Waals surface area contributed by atoms with Crippen molar-refractivity contribution in [3.63, 3.8) is 0 Å². The van der Waals surface area contributed by atoms with E-state index in [1.807, 2.05) is 44.4 Å². The minimum absolute atomic E-state index is 0.0520. The first-order valence-electron chi connectivity index (χ1n) is 9.20. The van der Waals surface area contributed by atoms with E-state index < -0.39 is 0 Å². The van der Waals surface area contributed by atoms with E-state index in [0.717, 1.165) is 33.2 Å². The lowest BCUT2D eigenvalue weighted by Crippen LogP contribution is -2.17. The van der Waals surface area contributed by atoms with Crippen molar-refractivity contribution in [1.29, 1.82) is 0 Å². The van der Waals surface area contributed by atoms with Crippen LogP contribution in [0, 0.1) is 13.8 Å². The number of carbonyl (C=O) groups excluding carboxylic acids is 1. The third-order valence-electron chi connectivity index (χ3n) is 4.96. The standard InChI is InChI=1S/C23H23N3OS/c1-15-13-17(14-22-23(27)24-20-7-5-6-8-21(20)28-22)16(2)26(15)19-11-9-18(10-12-19)25(3)4/h5-14H,1-4H3,(H,24,27)/b22-14+. The Balaban J connectivity index is 1.70. The summed E-state index contributed by atoms with van der Waals surface area (Å²) in [5, 5.41) is 2.98. The summed E-state index contributed by atoms with van der Waals surface area (Å²) in [7, 11) is 4.08. The second-order valence-corrected chi connectivity index (χ2v) is 8.22. The zero-order valence-corrected chi connectivity index (χ0v) is 17.3. The number of amides is 1. The number of thioether (sulfide) groups is 1. The van der Waals surface area contributed by atoms with Crippen molar-refractivity contribution in [1.82, 2.24) is 4.57 Å². The number of para-hydroxylation sites is 1. The van der Waals surface area contributed by atoms with E-state index in [0.29, 0.717) is 4.91 Å². The highest BCUT2D eigenvalue weighted by Gasteiger charge is 2.21. The topological polar surface area (TPSA) is 37.3 Å². The van der Waals surface area contributed by atoms with Crippen LogP contribution in [0.15, 0.2) is 64.4 Å². The van der Waals surface area contributed by atoms with E-state index in [-0.39, 0.29) is 5.91 Å². The molecule has 0 aliphatic carbocycles. The summed E-state index contributed by atoms with van der Waals surface area (Å²) in [6.45, 7) is 4.19. The largest absolute Gasteiger partial charge is 0.378 e. The molecule has 1 aromatic heterocycles. The molecule has 1 aliphatic rings. The maximum atomic E-state index is 12.5. The van der Waals surface area contributed by atoms with Gasteiger partial charge in [0.25, 0.3) is 5.91 Å². The molecule has 2 aromatic carbocycles. The average molecular weight is 390 g/mol. The number of nitrogens with one attached hydrogen (secondary N) is 1. The first-order chi connectivity index (χ1) is 13.4. The number of nitrogens with zero attached hydrogens (tertiary/aromatic N) is 2. The van der Waals surface area contributed by atoms with Crippen molar-refractivity contribution in [2.24, 2.45) is 0 Å². The molecule has 0 spiro atoms. The maximum Gasteiger partial charge on any atom is 0.262 e. The number of rotatable bonds is 3. The maximum absolute atomic E-state index is 12.5. The fourth-order valence-corrected chi connectivity index (χ4v) is 4.42. The Bertz CT molecular complexity index is 1080. The van der Waals surface area contributed by atoms with Crippen molar-refractivity contribution in [3.05, 3.63) is 76.5 Å². The fraction of sp³-hybridized carbons (Fsp3) is 0.174. The summed E-state index contributed by atoms with van der Waals surface area (Å²) in [4.78, 5) is 16.4. The molecule has 4 rings (SSSR count). The van der Waals surface area contributed by atoms with Crippen LogP contribution >= 0.6 is 11.8 Å². The Morgan fingerprint density at radius 2 is 1.75 bits per heavy atom. The summed E-state index contributed by atoms with van der Waals surface area (Å²) >= 11 is 1.52. The van der Waals surface area contributed by atoms with Gasteiger partial charge < -0.3 is 14.8 Å². The van der Waals surface area contributed by atoms with Gasteiger partial charge in [0.1, 0.15) is 0 Å². The molecule has 1 aliphatic heterocycles. The second kappa shape index (κ2) is 7.24. The molecule has 1 amide bonds. The smallest absolute Gasteiger partial charge is 0.262 e. The Morgan fingerprint density at radius 1 is 1.04 bits per heavy atom. The van der Waals surface area contributed by atoms with Crippen molar-refractivity contribution in [2.45, 2.75) is 18.7 Å². The van der Waals surface area contributed by atoms with E-state index in [1.54, 1.807) is 0 Å². The van der Waals surface area contributed by atoms with E-state index in [2.05, 4.69) is 59.0 Å². The van der Waals surface area contributed by atoms with Crippen LogP contribution < -0.4 is 10.2 Å². The van der Waals surface area contributed by atoms with Crippen LogP contribution in [0.25, 0.3) is 11.8 Å². The van der Waals surface area contributed by atoms with Crippen LogP contribution in [-0.2, 0) is 4.79 Å². The highest BCUT2D eigenvalue weighted by molar-refractivity contribution is 8.04. The van der Waals surface area contributed by atoms with Crippen LogP contribution in [-0.4, -0.2) is 24.6 Å². The molecule has 0 fully saturated rings. The van der Waals surface area contributed by atoms with Crippen molar-refractivity contribution < 1.29 is 4.79 Å². The van der Waals surface area contributed by atoms with Gasteiger partial charge in [-0.05, 0) is 68.0 Å². The molecule has 0 saturated heterocycles. The summed E-state index contributed by atoms with van der Waals surface area (Å²) in [5.41, 5.74) is 6.49. The van der Waals surface area contributed by atoms with Gasteiger partial charge in [-0.3, -0.25) is 4.79 Å². The molecule has 28 heavy (non-hydrogen) atoms. The van der Waals surface area contributed by atoms with Gasteiger partial charge in [-0.25, -0.2) is 0 Å². The number of aryl methyl sites for hydroxylation is 1. The lowest BCUT2D eigenvalue weighted by molar-refractivity contribution is -0.112. The summed E-state index contributed by atoms with van der Waals surface area (Å²) in [6.07, 6.45) is 1.99. The van der Waals surface area contributed by atoms with Crippen molar-refractivity contribution in [3.8, 4) is 5.69 Å². The predicted molar refractivity (Wildman–Crippen MR) is 118 cm³/mol. The summed E-state index contributed by atoms with van der Waals surface area (Å²) < 4.78 is 2.23. The molecular formula is C23H23N3OS.